The van der Waals surface area contributed by atoms with Crippen molar-refractivity contribution in [2.45, 2.75) is 64.0 Å². The first kappa shape index (κ1) is 19.7. The van der Waals surface area contributed by atoms with Gasteiger partial charge in [-0.2, -0.15) is 0 Å². The molecule has 1 atom stereocenters. The van der Waals surface area contributed by atoms with E-state index in [4.69, 9.17) is 5.11 Å². The van der Waals surface area contributed by atoms with Crippen molar-refractivity contribution in [2.75, 3.05) is 5.75 Å². The lowest BCUT2D eigenvalue weighted by Crippen LogP contribution is -2.31. The van der Waals surface area contributed by atoms with Gasteiger partial charge in [0.25, 0.3) is 0 Å². The Balaban J connectivity index is 0. The van der Waals surface area contributed by atoms with Crippen molar-refractivity contribution >= 4 is 15.8 Å². The van der Waals surface area contributed by atoms with E-state index in [1.54, 1.807) is 6.92 Å². The van der Waals surface area contributed by atoms with E-state index in [9.17, 15) is 13.2 Å². The van der Waals surface area contributed by atoms with E-state index in [-0.39, 0.29) is 17.6 Å². The highest BCUT2D eigenvalue weighted by molar-refractivity contribution is 7.92. The standard InChI is InChI=1S/C12H24O4S.H2O/c1-3-5-6-7-8-9-10-17(15,16)11(4-2)12(13)14;/h11H,3-10H2,1-2H3,(H,13,14);1H2. The summed E-state index contributed by atoms with van der Waals surface area (Å²) >= 11 is 0. The van der Waals surface area contributed by atoms with Crippen molar-refractivity contribution in [3.63, 3.8) is 0 Å². The summed E-state index contributed by atoms with van der Waals surface area (Å²) in [6.07, 6.45) is 6.10. The first-order valence-corrected chi connectivity index (χ1v) is 8.11. The fourth-order valence-electron chi connectivity index (χ4n) is 1.81. The Bertz CT molecular complexity index is 310. The highest BCUT2D eigenvalue weighted by atomic mass is 32.2. The summed E-state index contributed by atoms with van der Waals surface area (Å²) in [4.78, 5) is 10.8. The molecule has 6 heteroatoms. The Labute approximate surface area is 110 Å². The largest absolute Gasteiger partial charge is 0.480 e. The van der Waals surface area contributed by atoms with Gasteiger partial charge in [0.15, 0.2) is 15.1 Å². The van der Waals surface area contributed by atoms with Crippen LogP contribution in [0.1, 0.15) is 58.8 Å². The number of rotatable bonds is 10. The van der Waals surface area contributed by atoms with Gasteiger partial charge in [0.2, 0.25) is 0 Å². The summed E-state index contributed by atoms with van der Waals surface area (Å²) in [5.74, 6) is -1.22. The minimum Gasteiger partial charge on any atom is -0.480 e. The average Bonchev–Trinajstić information content (AvgIpc) is 2.23. The molecule has 0 heterocycles. The molecule has 0 rings (SSSR count). The quantitative estimate of drug-likeness (QED) is 0.617. The second-order valence-electron chi connectivity index (χ2n) is 4.37. The van der Waals surface area contributed by atoms with Crippen LogP contribution in [0, 0.1) is 0 Å². The molecule has 110 valence electrons. The van der Waals surface area contributed by atoms with E-state index in [2.05, 4.69) is 6.92 Å². The Kier molecular flexibility index (Phi) is 11.3. The molecule has 0 saturated carbocycles. The van der Waals surface area contributed by atoms with Crippen molar-refractivity contribution in [2.24, 2.45) is 0 Å². The van der Waals surface area contributed by atoms with Crippen LogP contribution in [0.25, 0.3) is 0 Å². The number of hydrogen-bond acceptors (Lipinski definition) is 3. The van der Waals surface area contributed by atoms with Crippen molar-refractivity contribution < 1.29 is 23.8 Å². The zero-order valence-corrected chi connectivity index (χ0v) is 12.1. The minimum atomic E-state index is -3.46. The molecule has 0 aromatic rings. The second kappa shape index (κ2) is 10.3. The Morgan fingerprint density at radius 3 is 2.00 bits per heavy atom. The predicted molar refractivity (Wildman–Crippen MR) is 72.5 cm³/mol. The number of carboxylic acids is 1. The normalized spacial score (nSPS) is 12.8. The average molecular weight is 282 g/mol. The van der Waals surface area contributed by atoms with Gasteiger partial charge in [-0.25, -0.2) is 8.42 Å². The van der Waals surface area contributed by atoms with Crippen LogP contribution in [0.5, 0.6) is 0 Å². The third kappa shape index (κ3) is 7.66. The molecule has 0 aromatic heterocycles. The van der Waals surface area contributed by atoms with Crippen molar-refractivity contribution in [3.05, 3.63) is 0 Å². The third-order valence-electron chi connectivity index (χ3n) is 2.86. The molecular weight excluding hydrogens is 256 g/mol. The van der Waals surface area contributed by atoms with Crippen LogP contribution in [0.3, 0.4) is 0 Å². The Hall–Kier alpha value is -0.620. The molecule has 18 heavy (non-hydrogen) atoms. The maximum absolute atomic E-state index is 11.7. The highest BCUT2D eigenvalue weighted by Gasteiger charge is 2.29. The van der Waals surface area contributed by atoms with Crippen LogP contribution in [0.15, 0.2) is 0 Å². The van der Waals surface area contributed by atoms with E-state index < -0.39 is 21.1 Å². The summed E-state index contributed by atoms with van der Waals surface area (Å²) in [6.45, 7) is 3.72. The lowest BCUT2D eigenvalue weighted by molar-refractivity contribution is -0.136. The molecule has 0 aliphatic carbocycles. The molecule has 5 nitrogen and oxygen atoms in total. The van der Waals surface area contributed by atoms with E-state index in [1.165, 1.54) is 6.42 Å². The van der Waals surface area contributed by atoms with Crippen LogP contribution in [-0.4, -0.2) is 36.0 Å². The van der Waals surface area contributed by atoms with Crippen LogP contribution in [0.4, 0.5) is 0 Å². The number of carboxylic acid groups (broad SMARTS) is 1. The number of unbranched alkanes of at least 4 members (excludes halogenated alkanes) is 5. The van der Waals surface area contributed by atoms with Crippen LogP contribution in [-0.2, 0) is 14.6 Å². The molecule has 0 aliphatic heterocycles. The summed E-state index contributed by atoms with van der Waals surface area (Å²) in [5, 5.41) is 7.58. The third-order valence-corrected chi connectivity index (χ3v) is 5.12. The Morgan fingerprint density at radius 2 is 1.56 bits per heavy atom. The molecule has 0 amide bonds. The molecule has 0 bridgehead atoms. The summed E-state index contributed by atoms with van der Waals surface area (Å²) in [7, 11) is -3.46. The SMILES string of the molecule is CCCCCCCCS(=O)(=O)C(CC)C(=O)O.O. The molecule has 0 aromatic carbocycles. The maximum atomic E-state index is 11.7. The minimum absolute atomic E-state index is 0. The number of carbonyl (C=O) groups is 1. The van der Waals surface area contributed by atoms with Crippen LogP contribution >= 0.6 is 0 Å². The van der Waals surface area contributed by atoms with Gasteiger partial charge in [0.1, 0.15) is 0 Å². The highest BCUT2D eigenvalue weighted by Crippen LogP contribution is 2.12. The monoisotopic (exact) mass is 282 g/mol. The maximum Gasteiger partial charge on any atom is 0.321 e. The molecule has 0 radical (unpaired) electrons. The van der Waals surface area contributed by atoms with Crippen LogP contribution in [0.2, 0.25) is 0 Å². The van der Waals surface area contributed by atoms with E-state index in [0.717, 1.165) is 25.7 Å². The van der Waals surface area contributed by atoms with Crippen molar-refractivity contribution in [1.82, 2.24) is 0 Å². The summed E-state index contributed by atoms with van der Waals surface area (Å²) in [6, 6.07) is 0. The van der Waals surface area contributed by atoms with Crippen LogP contribution < -0.4 is 0 Å². The van der Waals surface area contributed by atoms with Gasteiger partial charge in [-0.3, -0.25) is 4.79 Å². The number of sulfone groups is 1. The molecule has 0 fully saturated rings. The lowest BCUT2D eigenvalue weighted by atomic mass is 10.1. The molecule has 3 N–H and O–H groups in total. The number of aliphatic carboxylic acids is 1. The molecule has 0 saturated heterocycles. The molecular formula is C12H26O5S. The number of hydrogen-bond donors (Lipinski definition) is 1. The van der Waals surface area contributed by atoms with E-state index >= 15 is 0 Å². The smallest absolute Gasteiger partial charge is 0.321 e. The Morgan fingerprint density at radius 1 is 1.06 bits per heavy atom. The van der Waals surface area contributed by atoms with Gasteiger partial charge in [0.05, 0.1) is 5.75 Å². The van der Waals surface area contributed by atoms with E-state index in [1.807, 2.05) is 0 Å². The fourth-order valence-corrected chi connectivity index (χ4v) is 3.51. The topological polar surface area (TPSA) is 103 Å². The van der Waals surface area contributed by atoms with Gasteiger partial charge in [0, 0.05) is 0 Å². The lowest BCUT2D eigenvalue weighted by Gasteiger charge is -2.10. The van der Waals surface area contributed by atoms with Gasteiger partial charge >= 0.3 is 5.97 Å². The van der Waals surface area contributed by atoms with Crippen molar-refractivity contribution in [1.29, 1.82) is 0 Å². The second-order valence-corrected chi connectivity index (χ2v) is 6.67. The van der Waals surface area contributed by atoms with Gasteiger partial charge in [-0.05, 0) is 12.8 Å². The van der Waals surface area contributed by atoms with Gasteiger partial charge in [-0.15, -0.1) is 0 Å². The van der Waals surface area contributed by atoms with Crippen molar-refractivity contribution in [3.8, 4) is 0 Å². The molecule has 0 spiro atoms. The van der Waals surface area contributed by atoms with Gasteiger partial charge < -0.3 is 10.6 Å². The first-order chi connectivity index (χ1) is 7.95. The molecule has 0 aliphatic rings. The first-order valence-electron chi connectivity index (χ1n) is 6.40. The summed E-state index contributed by atoms with van der Waals surface area (Å²) < 4.78 is 23.4. The van der Waals surface area contributed by atoms with E-state index in [0.29, 0.717) is 6.42 Å². The fraction of sp³-hybridized carbons (Fsp3) is 0.917. The molecule has 1 unspecified atom stereocenters. The van der Waals surface area contributed by atoms with Gasteiger partial charge in [-0.1, -0.05) is 46.0 Å². The predicted octanol–water partition coefficient (Wildman–Crippen LogP) is 1.80. The zero-order valence-electron chi connectivity index (χ0n) is 11.3. The zero-order chi connectivity index (χ0) is 13.3. The summed E-state index contributed by atoms with van der Waals surface area (Å²) in [5.41, 5.74) is 0.